The van der Waals surface area contributed by atoms with E-state index in [1.165, 1.54) is 17.5 Å². The molecule has 1 fully saturated rings. The summed E-state index contributed by atoms with van der Waals surface area (Å²) in [6.07, 6.45) is 6.20. The third-order valence-corrected chi connectivity index (χ3v) is 6.32. The highest BCUT2D eigenvalue weighted by Crippen LogP contribution is 2.40. The smallest absolute Gasteiger partial charge is 0.118 e. The molecule has 0 aromatic heterocycles. The van der Waals surface area contributed by atoms with Gasteiger partial charge in [-0.3, -0.25) is 0 Å². The van der Waals surface area contributed by atoms with E-state index in [2.05, 4.69) is 36.2 Å². The van der Waals surface area contributed by atoms with Gasteiger partial charge in [-0.05, 0) is 61.7 Å². The van der Waals surface area contributed by atoms with Crippen molar-refractivity contribution in [3.63, 3.8) is 0 Å². The number of benzene rings is 2. The monoisotopic (exact) mass is 397 g/mol. The summed E-state index contributed by atoms with van der Waals surface area (Å²) in [5.41, 5.74) is 1.88. The van der Waals surface area contributed by atoms with Gasteiger partial charge < -0.3 is 19.5 Å². The van der Waals surface area contributed by atoms with Gasteiger partial charge in [-0.15, -0.1) is 0 Å². The second kappa shape index (κ2) is 10.1. The largest absolute Gasteiger partial charge is 0.497 e. The van der Waals surface area contributed by atoms with Crippen molar-refractivity contribution < 1.29 is 14.6 Å². The van der Waals surface area contributed by atoms with Crippen LogP contribution < -0.4 is 9.47 Å². The van der Waals surface area contributed by atoms with Gasteiger partial charge in [0.05, 0.1) is 19.8 Å². The van der Waals surface area contributed by atoms with Crippen LogP contribution in [0.15, 0.2) is 48.5 Å². The summed E-state index contributed by atoms with van der Waals surface area (Å²) in [6, 6.07) is 16.5. The van der Waals surface area contributed by atoms with Crippen molar-refractivity contribution in [3.05, 3.63) is 59.7 Å². The predicted octanol–water partition coefficient (Wildman–Crippen LogP) is 4.66. The second-order valence-electron chi connectivity index (χ2n) is 8.35. The van der Waals surface area contributed by atoms with Gasteiger partial charge in [0.2, 0.25) is 0 Å². The Balaban J connectivity index is 1.69. The number of nitrogens with zero attached hydrogens (tertiary/aromatic N) is 1. The Morgan fingerprint density at radius 3 is 2.00 bits per heavy atom. The molecular formula is C25H35NO3. The number of hydrogen-bond acceptors (Lipinski definition) is 4. The Labute approximate surface area is 175 Å². The van der Waals surface area contributed by atoms with E-state index in [0.29, 0.717) is 0 Å². The number of ether oxygens (including phenoxy) is 2. The lowest BCUT2D eigenvalue weighted by Crippen LogP contribution is -2.43. The topological polar surface area (TPSA) is 41.9 Å². The molecule has 1 N–H and O–H groups in total. The van der Waals surface area contributed by atoms with E-state index in [4.69, 9.17) is 9.47 Å². The Kier molecular flexibility index (Phi) is 7.57. The van der Waals surface area contributed by atoms with E-state index >= 15 is 0 Å². The van der Waals surface area contributed by atoms with Crippen LogP contribution in [0.3, 0.4) is 0 Å². The quantitative estimate of drug-likeness (QED) is 0.668. The van der Waals surface area contributed by atoms with Gasteiger partial charge in [-0.25, -0.2) is 0 Å². The first kappa shape index (κ1) is 21.7. The minimum Gasteiger partial charge on any atom is -0.497 e. The zero-order valence-corrected chi connectivity index (χ0v) is 18.1. The highest BCUT2D eigenvalue weighted by atomic mass is 16.5. The molecule has 1 unspecified atom stereocenters. The van der Waals surface area contributed by atoms with Crippen molar-refractivity contribution in [2.45, 2.75) is 50.0 Å². The van der Waals surface area contributed by atoms with Crippen LogP contribution in [0.1, 0.15) is 49.1 Å². The number of rotatable bonds is 9. The molecule has 1 saturated carbocycles. The molecule has 0 saturated heterocycles. The van der Waals surface area contributed by atoms with Crippen molar-refractivity contribution in [2.75, 3.05) is 34.4 Å². The molecule has 2 aromatic carbocycles. The maximum absolute atomic E-state index is 11.5. The fraction of sp³-hybridized carbons (Fsp3) is 0.520. The molecule has 0 amide bonds. The van der Waals surface area contributed by atoms with Gasteiger partial charge in [-0.2, -0.15) is 0 Å². The minimum absolute atomic E-state index is 0.106. The molecular weight excluding hydrogens is 362 g/mol. The van der Waals surface area contributed by atoms with Gasteiger partial charge >= 0.3 is 0 Å². The Morgan fingerprint density at radius 2 is 1.45 bits per heavy atom. The molecule has 1 aliphatic rings. The molecule has 0 aliphatic heterocycles. The zero-order valence-electron chi connectivity index (χ0n) is 18.1. The Hall–Kier alpha value is -2.04. The van der Waals surface area contributed by atoms with Crippen LogP contribution >= 0.6 is 0 Å². The highest BCUT2D eigenvalue weighted by Gasteiger charge is 2.39. The van der Waals surface area contributed by atoms with Crippen LogP contribution in [0.2, 0.25) is 0 Å². The van der Waals surface area contributed by atoms with Gasteiger partial charge in [-0.1, -0.05) is 43.5 Å². The summed E-state index contributed by atoms with van der Waals surface area (Å²) >= 11 is 0. The lowest BCUT2D eigenvalue weighted by molar-refractivity contribution is -0.0291. The van der Waals surface area contributed by atoms with Crippen molar-refractivity contribution in [1.82, 2.24) is 4.90 Å². The van der Waals surface area contributed by atoms with Gasteiger partial charge in [0.25, 0.3) is 0 Å². The van der Waals surface area contributed by atoms with E-state index in [-0.39, 0.29) is 5.92 Å². The van der Waals surface area contributed by atoms with Gasteiger partial charge in [0.1, 0.15) is 11.5 Å². The number of hydrogen-bond donors (Lipinski definition) is 1. The van der Waals surface area contributed by atoms with Crippen LogP contribution in [0.25, 0.3) is 0 Å². The number of aliphatic hydroxyl groups is 1. The van der Waals surface area contributed by atoms with Gasteiger partial charge in [0.15, 0.2) is 0 Å². The molecule has 0 bridgehead atoms. The molecule has 29 heavy (non-hydrogen) atoms. The minimum atomic E-state index is -0.624. The maximum Gasteiger partial charge on any atom is 0.118 e. The molecule has 0 radical (unpaired) electrons. The fourth-order valence-electron chi connectivity index (χ4n) is 4.45. The lowest BCUT2D eigenvalue weighted by atomic mass is 9.72. The van der Waals surface area contributed by atoms with E-state index in [1.807, 2.05) is 24.3 Å². The van der Waals surface area contributed by atoms with Crippen LogP contribution in [0, 0.1) is 0 Å². The second-order valence-corrected chi connectivity index (χ2v) is 8.35. The molecule has 1 aliphatic carbocycles. The molecule has 4 nitrogen and oxygen atoms in total. The average Bonchev–Trinajstić information content (AvgIpc) is 2.77. The van der Waals surface area contributed by atoms with E-state index in [0.717, 1.165) is 56.7 Å². The summed E-state index contributed by atoms with van der Waals surface area (Å²) < 4.78 is 10.6. The van der Waals surface area contributed by atoms with Crippen molar-refractivity contribution in [2.24, 2.45) is 0 Å². The normalized spacial score (nSPS) is 17.1. The number of likely N-dealkylation sites (N-methyl/N-ethyl adjacent to an activating group) is 1. The standard InChI is InChI=1S/C25H35NO3/c1-26(18-15-20-7-11-22(28-2)12-8-20)19-24(25(27)16-5-4-6-17-25)21-9-13-23(29-3)14-10-21/h7-14,24,27H,4-6,15-19H2,1-3H3. The van der Waals surface area contributed by atoms with E-state index < -0.39 is 5.60 Å². The first-order valence-electron chi connectivity index (χ1n) is 10.7. The average molecular weight is 398 g/mol. The summed E-state index contributed by atoms with van der Waals surface area (Å²) in [5, 5.41) is 11.5. The summed E-state index contributed by atoms with van der Waals surface area (Å²) in [5.74, 6) is 1.85. The Morgan fingerprint density at radius 1 is 0.897 bits per heavy atom. The Bertz CT molecular complexity index is 736. The third-order valence-electron chi connectivity index (χ3n) is 6.32. The molecule has 1 atom stereocenters. The maximum atomic E-state index is 11.5. The van der Waals surface area contributed by atoms with Crippen LogP contribution in [-0.4, -0.2) is 50.0 Å². The molecule has 3 rings (SSSR count). The third kappa shape index (κ3) is 5.74. The summed E-state index contributed by atoms with van der Waals surface area (Å²) in [6.45, 7) is 1.80. The van der Waals surface area contributed by atoms with Crippen molar-refractivity contribution in [1.29, 1.82) is 0 Å². The fourth-order valence-corrected chi connectivity index (χ4v) is 4.45. The SMILES string of the molecule is COc1ccc(CCN(C)CC(c2ccc(OC)cc2)C2(O)CCCCC2)cc1. The van der Waals surface area contributed by atoms with Crippen LogP contribution in [0.5, 0.6) is 11.5 Å². The summed E-state index contributed by atoms with van der Waals surface area (Å²) in [7, 11) is 5.54. The van der Waals surface area contributed by atoms with E-state index in [1.54, 1.807) is 14.2 Å². The first-order chi connectivity index (χ1) is 14.0. The van der Waals surface area contributed by atoms with Crippen molar-refractivity contribution >= 4 is 0 Å². The van der Waals surface area contributed by atoms with Crippen molar-refractivity contribution in [3.8, 4) is 11.5 Å². The van der Waals surface area contributed by atoms with Crippen LogP contribution in [0.4, 0.5) is 0 Å². The molecule has 2 aromatic rings. The first-order valence-corrected chi connectivity index (χ1v) is 10.7. The lowest BCUT2D eigenvalue weighted by Gasteiger charge is -2.41. The summed E-state index contributed by atoms with van der Waals surface area (Å²) in [4.78, 5) is 2.35. The highest BCUT2D eigenvalue weighted by molar-refractivity contribution is 5.32. The predicted molar refractivity (Wildman–Crippen MR) is 118 cm³/mol. The van der Waals surface area contributed by atoms with Crippen LogP contribution in [-0.2, 0) is 6.42 Å². The molecule has 0 heterocycles. The zero-order chi connectivity index (χ0) is 20.7. The van der Waals surface area contributed by atoms with E-state index in [9.17, 15) is 5.11 Å². The number of methoxy groups -OCH3 is 2. The molecule has 4 heteroatoms. The van der Waals surface area contributed by atoms with Gasteiger partial charge in [0, 0.05) is 19.0 Å². The molecule has 158 valence electrons. The molecule has 0 spiro atoms.